The van der Waals surface area contributed by atoms with Crippen LogP contribution in [0.3, 0.4) is 0 Å². The van der Waals surface area contributed by atoms with Gasteiger partial charge in [-0.2, -0.15) is 8.78 Å². The number of halogens is 6. The minimum absolute atomic E-state index is 0.0570. The van der Waals surface area contributed by atoms with E-state index in [9.17, 15) is 27.1 Å². The molecule has 0 aromatic heterocycles. The van der Waals surface area contributed by atoms with Gasteiger partial charge in [0.1, 0.15) is 12.4 Å². The minimum Gasteiger partial charge on any atom is -0.390 e. The molecule has 2 nitrogen and oxygen atoms in total. The first-order valence-electron chi connectivity index (χ1n) is 5.58. The highest BCUT2D eigenvalue weighted by Gasteiger charge is 2.41. The van der Waals surface area contributed by atoms with Crippen LogP contribution in [0.1, 0.15) is 5.56 Å². The van der Waals surface area contributed by atoms with Crippen molar-refractivity contribution >= 4 is 15.9 Å². The fourth-order valence-corrected chi connectivity index (χ4v) is 1.82. The van der Waals surface area contributed by atoms with Crippen LogP contribution in [0, 0.1) is 5.82 Å². The summed E-state index contributed by atoms with van der Waals surface area (Å²) in [5.74, 6) is -4.76. The first kappa shape index (κ1) is 17.3. The molecule has 0 aliphatic rings. The average molecular weight is 363 g/mol. The molecule has 0 aliphatic heterocycles. The molecule has 0 saturated heterocycles. The zero-order chi connectivity index (χ0) is 15.3. The molecule has 0 amide bonds. The third kappa shape index (κ3) is 5.34. The lowest BCUT2D eigenvalue weighted by Gasteiger charge is -2.17. The topological polar surface area (TPSA) is 29.5 Å². The SMILES string of the molecule is OC(COCC(F)(F)C(F)F)Cc1cc(F)ccc1Br. The summed E-state index contributed by atoms with van der Waals surface area (Å²) in [7, 11) is 0. The molecule has 0 aliphatic carbocycles. The van der Waals surface area contributed by atoms with E-state index in [1.54, 1.807) is 0 Å². The Hall–Kier alpha value is -0.730. The Bertz CT molecular complexity index is 442. The van der Waals surface area contributed by atoms with Gasteiger partial charge in [-0.1, -0.05) is 15.9 Å². The number of hydrogen-bond donors (Lipinski definition) is 1. The monoisotopic (exact) mass is 362 g/mol. The molecule has 0 fully saturated rings. The van der Waals surface area contributed by atoms with Gasteiger partial charge in [-0.3, -0.25) is 0 Å². The molecule has 1 N–H and O–H groups in total. The van der Waals surface area contributed by atoms with E-state index in [1.165, 1.54) is 18.2 Å². The molecule has 20 heavy (non-hydrogen) atoms. The standard InChI is InChI=1S/C12H12BrF5O2/c13-10-2-1-8(14)3-7(10)4-9(19)5-20-6-12(17,18)11(15)16/h1-3,9,11,19H,4-6H2. The second-order valence-electron chi connectivity index (χ2n) is 4.17. The maximum atomic E-state index is 13.0. The van der Waals surface area contributed by atoms with Gasteiger partial charge in [-0.05, 0) is 23.8 Å². The van der Waals surface area contributed by atoms with Crippen molar-refractivity contribution in [1.82, 2.24) is 0 Å². The van der Waals surface area contributed by atoms with Gasteiger partial charge in [0.15, 0.2) is 0 Å². The van der Waals surface area contributed by atoms with E-state index < -0.39 is 37.5 Å². The van der Waals surface area contributed by atoms with Crippen LogP contribution in [0.4, 0.5) is 22.0 Å². The lowest BCUT2D eigenvalue weighted by molar-refractivity contribution is -0.170. The number of benzene rings is 1. The molecule has 8 heteroatoms. The maximum Gasteiger partial charge on any atom is 0.330 e. The Morgan fingerprint density at radius 1 is 1.30 bits per heavy atom. The second-order valence-corrected chi connectivity index (χ2v) is 5.02. The van der Waals surface area contributed by atoms with Crippen molar-refractivity contribution in [3.63, 3.8) is 0 Å². The third-order valence-electron chi connectivity index (χ3n) is 2.39. The van der Waals surface area contributed by atoms with Crippen LogP contribution >= 0.6 is 15.9 Å². The highest BCUT2D eigenvalue weighted by Crippen LogP contribution is 2.23. The number of alkyl halides is 4. The molecule has 1 aromatic rings. The number of hydrogen-bond acceptors (Lipinski definition) is 2. The van der Waals surface area contributed by atoms with Gasteiger partial charge < -0.3 is 9.84 Å². The molecule has 114 valence electrons. The summed E-state index contributed by atoms with van der Waals surface area (Å²) in [6.07, 6.45) is -5.09. The molecule has 0 heterocycles. The van der Waals surface area contributed by atoms with Crippen LogP contribution in [-0.2, 0) is 11.2 Å². The van der Waals surface area contributed by atoms with Gasteiger partial charge in [0, 0.05) is 10.9 Å². The number of ether oxygens (including phenoxy) is 1. The third-order valence-corrected chi connectivity index (χ3v) is 3.16. The number of rotatable bonds is 7. The molecule has 1 aromatic carbocycles. The Morgan fingerprint density at radius 2 is 1.95 bits per heavy atom. The van der Waals surface area contributed by atoms with Crippen molar-refractivity contribution < 1.29 is 31.8 Å². The van der Waals surface area contributed by atoms with Crippen LogP contribution in [0.25, 0.3) is 0 Å². The van der Waals surface area contributed by atoms with E-state index in [-0.39, 0.29) is 6.42 Å². The normalized spacial score (nSPS) is 13.8. The molecule has 1 unspecified atom stereocenters. The maximum absolute atomic E-state index is 13.0. The fraction of sp³-hybridized carbons (Fsp3) is 0.500. The first-order valence-corrected chi connectivity index (χ1v) is 6.37. The zero-order valence-corrected chi connectivity index (χ0v) is 11.7. The highest BCUT2D eigenvalue weighted by atomic mass is 79.9. The summed E-state index contributed by atoms with van der Waals surface area (Å²) in [4.78, 5) is 0. The predicted octanol–water partition coefficient (Wildman–Crippen LogP) is 3.41. The van der Waals surface area contributed by atoms with Crippen LogP contribution in [0.5, 0.6) is 0 Å². The van der Waals surface area contributed by atoms with Gasteiger partial charge in [0.05, 0.1) is 12.7 Å². The second kappa shape index (κ2) is 7.33. The lowest BCUT2D eigenvalue weighted by atomic mass is 10.1. The summed E-state index contributed by atoms with van der Waals surface area (Å²) in [5, 5.41) is 9.55. The van der Waals surface area contributed by atoms with Crippen LogP contribution in [-0.4, -0.2) is 36.8 Å². The van der Waals surface area contributed by atoms with Crippen molar-refractivity contribution in [2.75, 3.05) is 13.2 Å². The largest absolute Gasteiger partial charge is 0.390 e. The van der Waals surface area contributed by atoms with E-state index in [2.05, 4.69) is 20.7 Å². The number of aliphatic hydroxyl groups is 1. The smallest absolute Gasteiger partial charge is 0.330 e. The minimum atomic E-state index is -4.25. The van der Waals surface area contributed by atoms with Gasteiger partial charge in [0.2, 0.25) is 0 Å². The summed E-state index contributed by atoms with van der Waals surface area (Å²) in [6.45, 7) is -2.03. The first-order chi connectivity index (χ1) is 9.22. The van der Waals surface area contributed by atoms with Crippen molar-refractivity contribution in [3.05, 3.63) is 34.1 Å². The Balaban J connectivity index is 2.44. The Kier molecular flexibility index (Phi) is 6.35. The lowest BCUT2D eigenvalue weighted by Crippen LogP contribution is -2.34. The van der Waals surface area contributed by atoms with Crippen LogP contribution < -0.4 is 0 Å². The van der Waals surface area contributed by atoms with Gasteiger partial charge in [-0.25, -0.2) is 13.2 Å². The summed E-state index contributed by atoms with van der Waals surface area (Å²) in [6, 6.07) is 3.81. The fourth-order valence-electron chi connectivity index (χ4n) is 1.41. The summed E-state index contributed by atoms with van der Waals surface area (Å²) < 4.78 is 66.6. The van der Waals surface area contributed by atoms with Crippen LogP contribution in [0.2, 0.25) is 0 Å². The van der Waals surface area contributed by atoms with Crippen molar-refractivity contribution in [1.29, 1.82) is 0 Å². The summed E-state index contributed by atoms with van der Waals surface area (Å²) in [5.41, 5.74) is 0.418. The number of aliphatic hydroxyl groups excluding tert-OH is 1. The van der Waals surface area contributed by atoms with Crippen molar-refractivity contribution in [2.24, 2.45) is 0 Å². The molecular weight excluding hydrogens is 351 g/mol. The Labute approximate surface area is 120 Å². The van der Waals surface area contributed by atoms with E-state index in [1.807, 2.05) is 0 Å². The van der Waals surface area contributed by atoms with E-state index in [0.29, 0.717) is 10.0 Å². The molecule has 0 bridgehead atoms. The van der Waals surface area contributed by atoms with Gasteiger partial charge >= 0.3 is 12.3 Å². The highest BCUT2D eigenvalue weighted by molar-refractivity contribution is 9.10. The van der Waals surface area contributed by atoms with Crippen molar-refractivity contribution in [3.8, 4) is 0 Å². The van der Waals surface area contributed by atoms with E-state index in [0.717, 1.165) is 0 Å². The van der Waals surface area contributed by atoms with Crippen molar-refractivity contribution in [2.45, 2.75) is 24.9 Å². The quantitative estimate of drug-likeness (QED) is 0.753. The predicted molar refractivity (Wildman–Crippen MR) is 65.6 cm³/mol. The molecule has 1 rings (SSSR count). The molecule has 1 atom stereocenters. The van der Waals surface area contributed by atoms with Gasteiger partial charge in [0.25, 0.3) is 0 Å². The molecule has 0 spiro atoms. The van der Waals surface area contributed by atoms with Crippen LogP contribution in [0.15, 0.2) is 22.7 Å². The van der Waals surface area contributed by atoms with E-state index >= 15 is 0 Å². The molecule has 0 radical (unpaired) electrons. The zero-order valence-electron chi connectivity index (χ0n) is 10.1. The molecule has 0 saturated carbocycles. The molecular formula is C12H12BrF5O2. The van der Waals surface area contributed by atoms with E-state index in [4.69, 9.17) is 0 Å². The Morgan fingerprint density at radius 3 is 2.55 bits per heavy atom. The van der Waals surface area contributed by atoms with Gasteiger partial charge in [-0.15, -0.1) is 0 Å². The summed E-state index contributed by atoms with van der Waals surface area (Å²) >= 11 is 3.14. The average Bonchev–Trinajstić information content (AvgIpc) is 2.33.